The average Bonchev–Trinajstić information content (AvgIpc) is 3.46. The number of benzene rings is 1. The molecule has 0 radical (unpaired) electrons. The molecule has 0 unspecified atom stereocenters. The van der Waals surface area contributed by atoms with E-state index in [1.165, 1.54) is 12.5 Å². The number of pyridine rings is 1. The number of hydrogen-bond acceptors (Lipinski definition) is 5. The van der Waals surface area contributed by atoms with E-state index in [1.54, 1.807) is 0 Å². The van der Waals surface area contributed by atoms with Gasteiger partial charge in [0.2, 0.25) is 5.78 Å². The zero-order valence-corrected chi connectivity index (χ0v) is 18.2. The number of Topliss-reactive ketones (excluding diaryl/α,β-unsaturated/α-hetero) is 1. The predicted octanol–water partition coefficient (Wildman–Crippen LogP) is 5.79. The maximum atomic E-state index is 11.9. The topological polar surface area (TPSA) is 73.8 Å². The molecule has 0 bridgehead atoms. The summed E-state index contributed by atoms with van der Waals surface area (Å²) in [6, 6.07) is 10.5. The molecule has 0 amide bonds. The third-order valence-corrected chi connectivity index (χ3v) is 5.55. The number of aromatic nitrogens is 4. The summed E-state index contributed by atoms with van der Waals surface area (Å²) in [4.78, 5) is 25.3. The minimum Gasteiger partial charge on any atom is -0.442 e. The molecule has 0 N–H and O–H groups in total. The summed E-state index contributed by atoms with van der Waals surface area (Å²) in [6.07, 6.45) is 10.5. The highest BCUT2D eigenvalue weighted by Crippen LogP contribution is 2.24. The summed E-state index contributed by atoms with van der Waals surface area (Å²) in [7, 11) is 0. The van der Waals surface area contributed by atoms with Crippen LogP contribution < -0.4 is 0 Å². The lowest BCUT2D eigenvalue weighted by Crippen LogP contribution is -2.01. The molecule has 31 heavy (non-hydrogen) atoms. The van der Waals surface area contributed by atoms with Gasteiger partial charge in [-0.15, -0.1) is 0 Å². The van der Waals surface area contributed by atoms with Gasteiger partial charge in [0, 0.05) is 42.2 Å². The van der Waals surface area contributed by atoms with Crippen LogP contribution in [0.2, 0.25) is 0 Å². The fourth-order valence-electron chi connectivity index (χ4n) is 3.84. The van der Waals surface area contributed by atoms with Crippen molar-refractivity contribution >= 4 is 16.7 Å². The Labute approximate surface area is 182 Å². The van der Waals surface area contributed by atoms with Crippen molar-refractivity contribution in [2.24, 2.45) is 0 Å². The van der Waals surface area contributed by atoms with Crippen molar-refractivity contribution in [3.05, 3.63) is 66.4 Å². The summed E-state index contributed by atoms with van der Waals surface area (Å²) in [6.45, 7) is 5.06. The molecule has 0 saturated carbocycles. The second kappa shape index (κ2) is 9.69. The first kappa shape index (κ1) is 21.0. The van der Waals surface area contributed by atoms with Gasteiger partial charge in [-0.2, -0.15) is 0 Å². The standard InChI is InChI=1S/C25H28N4O2/c1-3-29-17-22(20-12-13-21-19(16-20)11-10-18(2)27-21)28-24(29)9-7-5-4-6-8-23(30)25-26-14-15-31-25/h10-17H,3-9H2,1-2H3. The molecule has 0 saturated heterocycles. The van der Waals surface area contributed by atoms with Crippen molar-refractivity contribution in [2.75, 3.05) is 0 Å². The summed E-state index contributed by atoms with van der Waals surface area (Å²) < 4.78 is 7.28. The summed E-state index contributed by atoms with van der Waals surface area (Å²) in [5, 5.41) is 1.13. The van der Waals surface area contributed by atoms with E-state index in [2.05, 4.69) is 51.9 Å². The van der Waals surface area contributed by atoms with Crippen molar-refractivity contribution in [1.82, 2.24) is 19.5 Å². The number of fused-ring (bicyclic) bond motifs is 1. The van der Waals surface area contributed by atoms with Gasteiger partial charge in [0.1, 0.15) is 12.1 Å². The van der Waals surface area contributed by atoms with Crippen LogP contribution in [0.25, 0.3) is 22.2 Å². The molecule has 0 aliphatic carbocycles. The normalized spacial score (nSPS) is 11.3. The Morgan fingerprint density at radius 3 is 2.74 bits per heavy atom. The monoisotopic (exact) mass is 416 g/mol. The number of aryl methyl sites for hydroxylation is 3. The lowest BCUT2D eigenvalue weighted by atomic mass is 10.1. The maximum Gasteiger partial charge on any atom is 0.263 e. The van der Waals surface area contributed by atoms with Crippen LogP contribution in [0.3, 0.4) is 0 Å². The fourth-order valence-corrected chi connectivity index (χ4v) is 3.84. The molecule has 4 rings (SSSR count). The number of hydrogen-bond donors (Lipinski definition) is 0. The predicted molar refractivity (Wildman–Crippen MR) is 121 cm³/mol. The van der Waals surface area contributed by atoms with E-state index in [0.717, 1.165) is 72.3 Å². The number of unbranched alkanes of at least 4 members (excludes halogenated alkanes) is 3. The van der Waals surface area contributed by atoms with Crippen LogP contribution in [0.1, 0.15) is 61.2 Å². The smallest absolute Gasteiger partial charge is 0.263 e. The Morgan fingerprint density at radius 2 is 1.94 bits per heavy atom. The van der Waals surface area contributed by atoms with Gasteiger partial charge in [-0.25, -0.2) is 9.97 Å². The van der Waals surface area contributed by atoms with Crippen LogP contribution in [-0.4, -0.2) is 25.3 Å². The second-order valence-electron chi connectivity index (χ2n) is 7.86. The Hall–Kier alpha value is -3.28. The third kappa shape index (κ3) is 5.08. The second-order valence-corrected chi connectivity index (χ2v) is 7.86. The zero-order chi connectivity index (χ0) is 21.6. The van der Waals surface area contributed by atoms with Crippen LogP contribution in [-0.2, 0) is 13.0 Å². The van der Waals surface area contributed by atoms with E-state index in [-0.39, 0.29) is 11.7 Å². The number of nitrogens with zero attached hydrogens (tertiary/aromatic N) is 4. The minimum absolute atomic E-state index is 0.0167. The van der Waals surface area contributed by atoms with Crippen molar-refractivity contribution in [1.29, 1.82) is 0 Å². The highest BCUT2D eigenvalue weighted by Gasteiger charge is 2.11. The van der Waals surface area contributed by atoms with Gasteiger partial charge < -0.3 is 8.98 Å². The molecule has 1 aromatic carbocycles. The van der Waals surface area contributed by atoms with Crippen molar-refractivity contribution in [3.63, 3.8) is 0 Å². The van der Waals surface area contributed by atoms with E-state index < -0.39 is 0 Å². The van der Waals surface area contributed by atoms with E-state index in [1.807, 2.05) is 13.0 Å². The first-order valence-electron chi connectivity index (χ1n) is 11.0. The molecule has 160 valence electrons. The zero-order valence-electron chi connectivity index (χ0n) is 18.2. The number of oxazole rings is 1. The van der Waals surface area contributed by atoms with Gasteiger partial charge >= 0.3 is 0 Å². The van der Waals surface area contributed by atoms with Gasteiger partial charge in [0.05, 0.1) is 17.4 Å². The molecule has 0 aliphatic rings. The van der Waals surface area contributed by atoms with Crippen LogP contribution in [0.5, 0.6) is 0 Å². The minimum atomic E-state index is -0.0167. The number of imidazole rings is 1. The number of carbonyl (C=O) groups excluding carboxylic acids is 1. The van der Waals surface area contributed by atoms with Crippen molar-refractivity contribution in [2.45, 2.75) is 58.9 Å². The molecule has 0 spiro atoms. The molecule has 0 atom stereocenters. The van der Waals surface area contributed by atoms with Crippen molar-refractivity contribution in [3.8, 4) is 11.3 Å². The van der Waals surface area contributed by atoms with Gasteiger partial charge in [0.25, 0.3) is 5.89 Å². The third-order valence-electron chi connectivity index (χ3n) is 5.55. The van der Waals surface area contributed by atoms with Crippen LogP contribution in [0, 0.1) is 6.92 Å². The average molecular weight is 417 g/mol. The van der Waals surface area contributed by atoms with E-state index >= 15 is 0 Å². The van der Waals surface area contributed by atoms with Gasteiger partial charge in [-0.05, 0) is 44.9 Å². The Kier molecular flexibility index (Phi) is 6.55. The summed E-state index contributed by atoms with van der Waals surface area (Å²) in [5.41, 5.74) is 4.17. The fraction of sp³-hybridized carbons (Fsp3) is 0.360. The molecule has 6 heteroatoms. The highest BCUT2D eigenvalue weighted by atomic mass is 16.3. The molecular weight excluding hydrogens is 388 g/mol. The molecule has 6 nitrogen and oxygen atoms in total. The molecule has 4 aromatic rings. The molecular formula is C25H28N4O2. The number of carbonyl (C=O) groups is 1. The largest absolute Gasteiger partial charge is 0.442 e. The van der Waals surface area contributed by atoms with Crippen molar-refractivity contribution < 1.29 is 9.21 Å². The first-order chi connectivity index (χ1) is 15.1. The molecule has 3 heterocycles. The SMILES string of the molecule is CCn1cc(-c2ccc3nc(C)ccc3c2)nc1CCCCCCC(=O)c1ncco1. The van der Waals surface area contributed by atoms with Gasteiger partial charge in [0.15, 0.2) is 0 Å². The quantitative estimate of drug-likeness (QED) is 0.242. The maximum absolute atomic E-state index is 11.9. The van der Waals surface area contributed by atoms with E-state index in [4.69, 9.17) is 9.40 Å². The van der Waals surface area contributed by atoms with E-state index in [9.17, 15) is 4.79 Å². The molecule has 0 aliphatic heterocycles. The Balaban J connectivity index is 1.32. The Morgan fingerprint density at radius 1 is 1.06 bits per heavy atom. The van der Waals surface area contributed by atoms with Gasteiger partial charge in [-0.1, -0.05) is 25.0 Å². The first-order valence-corrected chi connectivity index (χ1v) is 11.0. The van der Waals surface area contributed by atoms with Gasteiger partial charge in [-0.3, -0.25) is 9.78 Å². The number of ketones is 1. The lowest BCUT2D eigenvalue weighted by Gasteiger charge is -2.04. The number of rotatable bonds is 10. The van der Waals surface area contributed by atoms with E-state index in [0.29, 0.717) is 6.42 Å². The Bertz CT molecular complexity index is 1160. The lowest BCUT2D eigenvalue weighted by molar-refractivity contribution is 0.0945. The molecule has 3 aromatic heterocycles. The summed E-state index contributed by atoms with van der Waals surface area (Å²) >= 11 is 0. The molecule has 0 fully saturated rings. The van der Waals surface area contributed by atoms with Crippen LogP contribution in [0.4, 0.5) is 0 Å². The highest BCUT2D eigenvalue weighted by molar-refractivity contribution is 5.91. The summed E-state index contributed by atoms with van der Waals surface area (Å²) in [5.74, 6) is 1.32. The van der Waals surface area contributed by atoms with Crippen LogP contribution in [0.15, 0.2) is 53.4 Å². The van der Waals surface area contributed by atoms with Crippen LogP contribution >= 0.6 is 0 Å².